The number of carbonyl (C=O) groups excluding carboxylic acids is 1. The summed E-state index contributed by atoms with van der Waals surface area (Å²) in [6, 6.07) is 10.5. The number of anilines is 1. The molecule has 4 rings (SSSR count). The third kappa shape index (κ3) is 3.20. The topological polar surface area (TPSA) is 151 Å². The molecular formula is C21H20N6O3. The van der Waals surface area contributed by atoms with Crippen molar-refractivity contribution >= 4 is 29.6 Å². The summed E-state index contributed by atoms with van der Waals surface area (Å²) in [5, 5.41) is 0. The Morgan fingerprint density at radius 2 is 1.60 bits per heavy atom. The van der Waals surface area contributed by atoms with E-state index in [1.165, 1.54) is 6.21 Å². The van der Waals surface area contributed by atoms with Crippen molar-refractivity contribution in [1.82, 2.24) is 0 Å². The fraction of sp³-hybridized carbons (Fsp3) is 0.143. The molecule has 2 aromatic rings. The van der Waals surface area contributed by atoms with Crippen LogP contribution in [0.2, 0.25) is 0 Å². The quantitative estimate of drug-likeness (QED) is 0.644. The molecule has 9 nitrogen and oxygen atoms in total. The van der Waals surface area contributed by atoms with E-state index in [9.17, 15) is 4.79 Å². The summed E-state index contributed by atoms with van der Waals surface area (Å²) < 4.78 is 10.9. The van der Waals surface area contributed by atoms with E-state index in [1.54, 1.807) is 20.3 Å². The zero-order valence-corrected chi connectivity index (χ0v) is 16.4. The van der Waals surface area contributed by atoms with Crippen molar-refractivity contribution in [2.75, 3.05) is 20.0 Å². The fourth-order valence-electron chi connectivity index (χ4n) is 3.43. The maximum Gasteiger partial charge on any atom is 0.284 e. The summed E-state index contributed by atoms with van der Waals surface area (Å²) in [5.41, 5.74) is 21.7. The average Bonchev–Trinajstić information content (AvgIpc) is 3.17. The van der Waals surface area contributed by atoms with Gasteiger partial charge in [0.1, 0.15) is 11.5 Å². The number of nitrogen functional groups attached to an aromatic ring is 1. The summed E-state index contributed by atoms with van der Waals surface area (Å²) in [5.74, 6) is 0.747. The van der Waals surface area contributed by atoms with Gasteiger partial charge in [0, 0.05) is 17.4 Å². The minimum atomic E-state index is -0.667. The lowest BCUT2D eigenvalue weighted by Gasteiger charge is -2.18. The number of carbonyl (C=O) groups is 1. The molecule has 0 bridgehead atoms. The number of amidine groups is 1. The maximum atomic E-state index is 12.3. The number of methoxy groups -OCH3 is 2. The SMILES string of the molecule is COc1cc(-c2ccc(C(N)C3=C4C(=O)N=C(N)N=C4N=C3)c(OC)c2)ccc1N. The highest BCUT2D eigenvalue weighted by Crippen LogP contribution is 2.36. The van der Waals surface area contributed by atoms with Crippen LogP contribution in [-0.2, 0) is 4.79 Å². The summed E-state index contributed by atoms with van der Waals surface area (Å²) in [6.07, 6.45) is 1.52. The Labute approximate surface area is 172 Å². The smallest absolute Gasteiger partial charge is 0.284 e. The van der Waals surface area contributed by atoms with E-state index < -0.39 is 11.9 Å². The molecule has 30 heavy (non-hydrogen) atoms. The van der Waals surface area contributed by atoms with Gasteiger partial charge in [0.2, 0.25) is 5.96 Å². The molecule has 2 aromatic carbocycles. The standard InChI is InChI=1S/C21H20N6O3/c1-29-15-7-10(11-4-6-14(22)16(8-11)30-2)3-5-12(15)18(23)13-9-25-19-17(13)20(28)27-21(24)26-19/h3-9,18H,22-23H2,1-2H3,(H2,24,27,28). The van der Waals surface area contributed by atoms with Crippen LogP contribution in [0, 0.1) is 0 Å². The van der Waals surface area contributed by atoms with Crippen LogP contribution in [0.3, 0.4) is 0 Å². The van der Waals surface area contributed by atoms with Gasteiger partial charge in [-0.1, -0.05) is 18.2 Å². The Morgan fingerprint density at radius 3 is 2.30 bits per heavy atom. The molecule has 0 spiro atoms. The van der Waals surface area contributed by atoms with Crippen LogP contribution in [0.15, 0.2) is 62.5 Å². The van der Waals surface area contributed by atoms with Crippen LogP contribution in [0.5, 0.6) is 11.5 Å². The van der Waals surface area contributed by atoms with E-state index in [-0.39, 0.29) is 17.4 Å². The number of hydrogen-bond donors (Lipinski definition) is 3. The molecule has 0 saturated heterocycles. The van der Waals surface area contributed by atoms with Gasteiger partial charge in [-0.05, 0) is 29.3 Å². The normalized spacial score (nSPS) is 16.2. The summed E-state index contributed by atoms with van der Waals surface area (Å²) in [4.78, 5) is 24.2. The molecule has 0 aromatic heterocycles. The first-order chi connectivity index (χ1) is 14.4. The van der Waals surface area contributed by atoms with E-state index in [0.29, 0.717) is 28.3 Å². The zero-order valence-electron chi connectivity index (χ0n) is 16.4. The highest BCUT2D eigenvalue weighted by Gasteiger charge is 2.32. The van der Waals surface area contributed by atoms with Crippen LogP contribution in [0.1, 0.15) is 11.6 Å². The van der Waals surface area contributed by atoms with Crippen molar-refractivity contribution in [3.63, 3.8) is 0 Å². The number of ether oxygens (including phenoxy) is 2. The second kappa shape index (κ2) is 7.45. The van der Waals surface area contributed by atoms with Crippen LogP contribution >= 0.6 is 0 Å². The molecule has 0 aliphatic carbocycles. The van der Waals surface area contributed by atoms with Crippen molar-refractivity contribution in [3.8, 4) is 22.6 Å². The predicted molar refractivity (Wildman–Crippen MR) is 116 cm³/mol. The van der Waals surface area contributed by atoms with Gasteiger partial charge < -0.3 is 26.7 Å². The highest BCUT2D eigenvalue weighted by atomic mass is 16.5. The van der Waals surface area contributed by atoms with E-state index >= 15 is 0 Å². The molecule has 1 atom stereocenters. The minimum absolute atomic E-state index is 0.119. The fourth-order valence-corrected chi connectivity index (χ4v) is 3.43. The Kier molecular flexibility index (Phi) is 4.80. The molecule has 2 aliphatic rings. The van der Waals surface area contributed by atoms with Crippen molar-refractivity contribution in [2.45, 2.75) is 6.04 Å². The predicted octanol–water partition coefficient (Wildman–Crippen LogP) is 1.59. The van der Waals surface area contributed by atoms with Crippen LogP contribution in [0.4, 0.5) is 5.69 Å². The van der Waals surface area contributed by atoms with Gasteiger partial charge in [0.15, 0.2) is 5.84 Å². The van der Waals surface area contributed by atoms with Gasteiger partial charge in [-0.2, -0.15) is 9.98 Å². The number of guanidine groups is 1. The summed E-state index contributed by atoms with van der Waals surface area (Å²) in [7, 11) is 3.13. The summed E-state index contributed by atoms with van der Waals surface area (Å²) >= 11 is 0. The van der Waals surface area contributed by atoms with Gasteiger partial charge >= 0.3 is 0 Å². The van der Waals surface area contributed by atoms with E-state index in [2.05, 4.69) is 15.0 Å². The average molecular weight is 404 g/mol. The number of fused-ring (bicyclic) bond motifs is 1. The number of amides is 1. The number of hydrogen-bond acceptors (Lipinski definition) is 8. The second-order valence-corrected chi connectivity index (χ2v) is 6.69. The molecule has 0 fully saturated rings. The van der Waals surface area contributed by atoms with Crippen molar-refractivity contribution < 1.29 is 14.3 Å². The second-order valence-electron chi connectivity index (χ2n) is 6.69. The minimum Gasteiger partial charge on any atom is -0.496 e. The van der Waals surface area contributed by atoms with Crippen molar-refractivity contribution in [2.24, 2.45) is 26.4 Å². The van der Waals surface area contributed by atoms with E-state index in [4.69, 9.17) is 26.7 Å². The molecule has 0 saturated carbocycles. The van der Waals surface area contributed by atoms with Crippen LogP contribution in [0.25, 0.3) is 11.1 Å². The first kappa shape index (κ1) is 19.3. The van der Waals surface area contributed by atoms with E-state index in [1.807, 2.05) is 30.3 Å². The molecule has 9 heteroatoms. The first-order valence-corrected chi connectivity index (χ1v) is 9.06. The maximum absolute atomic E-state index is 12.3. The summed E-state index contributed by atoms with van der Waals surface area (Å²) in [6.45, 7) is 0. The number of rotatable bonds is 5. The third-order valence-corrected chi connectivity index (χ3v) is 4.96. The lowest BCUT2D eigenvalue weighted by molar-refractivity contribution is -0.114. The number of benzene rings is 2. The van der Waals surface area contributed by atoms with Crippen LogP contribution in [-0.4, -0.2) is 38.1 Å². The monoisotopic (exact) mass is 404 g/mol. The van der Waals surface area contributed by atoms with Gasteiger partial charge in [0.05, 0.1) is 31.5 Å². The third-order valence-electron chi connectivity index (χ3n) is 4.96. The largest absolute Gasteiger partial charge is 0.496 e. The molecule has 1 unspecified atom stereocenters. The van der Waals surface area contributed by atoms with Crippen molar-refractivity contribution in [1.29, 1.82) is 0 Å². The number of nitrogens with two attached hydrogens (primary N) is 3. The lowest BCUT2D eigenvalue weighted by Crippen LogP contribution is -2.24. The lowest BCUT2D eigenvalue weighted by atomic mass is 9.93. The van der Waals surface area contributed by atoms with Gasteiger partial charge in [-0.3, -0.25) is 4.79 Å². The Balaban J connectivity index is 1.73. The molecular weight excluding hydrogens is 384 g/mol. The molecule has 1 amide bonds. The molecule has 2 heterocycles. The van der Waals surface area contributed by atoms with Crippen molar-refractivity contribution in [3.05, 3.63) is 53.1 Å². The number of nitrogens with zero attached hydrogens (tertiary/aromatic N) is 3. The first-order valence-electron chi connectivity index (χ1n) is 9.06. The van der Waals surface area contributed by atoms with E-state index in [0.717, 1.165) is 11.1 Å². The van der Waals surface area contributed by atoms with Crippen LogP contribution < -0.4 is 26.7 Å². The molecule has 6 N–H and O–H groups in total. The molecule has 0 radical (unpaired) electrons. The molecule has 2 aliphatic heterocycles. The Hall–Kier alpha value is -3.98. The Morgan fingerprint density at radius 1 is 0.933 bits per heavy atom. The highest BCUT2D eigenvalue weighted by molar-refractivity contribution is 6.34. The zero-order chi connectivity index (χ0) is 21.4. The number of aliphatic imine (C=N–C) groups is 3. The molecule has 152 valence electrons. The Bertz CT molecular complexity index is 1180. The van der Waals surface area contributed by atoms with Gasteiger partial charge in [0.25, 0.3) is 5.91 Å². The van der Waals surface area contributed by atoms with Gasteiger partial charge in [-0.25, -0.2) is 4.99 Å². The van der Waals surface area contributed by atoms with Gasteiger partial charge in [-0.15, -0.1) is 0 Å².